The molecule has 1 aromatic carbocycles. The van der Waals surface area contributed by atoms with Gasteiger partial charge in [0.2, 0.25) is 0 Å². The number of hydrogen-bond acceptors (Lipinski definition) is 3. The summed E-state index contributed by atoms with van der Waals surface area (Å²) in [4.78, 5) is 8.17. The lowest BCUT2D eigenvalue weighted by atomic mass is 10.2. The van der Waals surface area contributed by atoms with Crippen LogP contribution in [0, 0.1) is 0 Å². The van der Waals surface area contributed by atoms with Crippen molar-refractivity contribution in [3.8, 4) is 0 Å². The van der Waals surface area contributed by atoms with Gasteiger partial charge in [0.25, 0.3) is 0 Å². The van der Waals surface area contributed by atoms with Gasteiger partial charge in [0.05, 0.1) is 11.8 Å². The number of aromatic nitrogens is 2. The summed E-state index contributed by atoms with van der Waals surface area (Å²) in [5.74, 6) is 0. The van der Waals surface area contributed by atoms with Gasteiger partial charge in [-0.3, -0.25) is 0 Å². The lowest BCUT2D eigenvalue weighted by molar-refractivity contribution is 0.616. The van der Waals surface area contributed by atoms with Gasteiger partial charge in [0.1, 0.15) is 11.9 Å². The van der Waals surface area contributed by atoms with Crippen LogP contribution in [-0.2, 0) is 0 Å². The number of fused-ring (bicyclic) bond motifs is 3. The van der Waals surface area contributed by atoms with Crippen LogP contribution >= 0.6 is 0 Å². The summed E-state index contributed by atoms with van der Waals surface area (Å²) in [6.45, 7) is 0. The Bertz CT molecular complexity index is 571. The first-order valence-corrected chi connectivity index (χ1v) is 4.01. The van der Waals surface area contributed by atoms with Crippen LogP contribution in [0.2, 0.25) is 0 Å². The Morgan fingerprint density at radius 2 is 2.15 bits per heavy atom. The van der Waals surface area contributed by atoms with Crippen molar-refractivity contribution < 1.29 is 4.42 Å². The van der Waals surface area contributed by atoms with Crippen molar-refractivity contribution in [2.24, 2.45) is 0 Å². The second kappa shape index (κ2) is 2.29. The number of furan rings is 1. The zero-order valence-electron chi connectivity index (χ0n) is 6.77. The summed E-state index contributed by atoms with van der Waals surface area (Å²) in [5.41, 5.74) is 1.81. The van der Waals surface area contributed by atoms with Crippen LogP contribution in [0.25, 0.3) is 21.9 Å². The molecule has 2 aromatic heterocycles. The highest BCUT2D eigenvalue weighted by Crippen LogP contribution is 2.23. The molecule has 13 heavy (non-hydrogen) atoms. The molecule has 0 spiro atoms. The summed E-state index contributed by atoms with van der Waals surface area (Å²) >= 11 is 0. The first kappa shape index (κ1) is 6.60. The molecule has 0 aliphatic rings. The van der Waals surface area contributed by atoms with Gasteiger partial charge in [-0.1, -0.05) is 0 Å². The molecule has 0 atom stereocenters. The van der Waals surface area contributed by atoms with Crippen molar-refractivity contribution in [1.29, 1.82) is 0 Å². The molecule has 0 unspecified atom stereocenters. The Kier molecular flexibility index (Phi) is 1.16. The minimum absolute atomic E-state index is 0.867. The Hall–Kier alpha value is -1.90. The largest absolute Gasteiger partial charge is 0.464 e. The highest BCUT2D eigenvalue weighted by molar-refractivity contribution is 6.02. The normalized spacial score (nSPS) is 11.1. The Morgan fingerprint density at radius 1 is 1.15 bits per heavy atom. The summed E-state index contributed by atoms with van der Waals surface area (Å²) in [6, 6.07) is 5.81. The average Bonchev–Trinajstić information content (AvgIpc) is 2.65. The maximum absolute atomic E-state index is 5.27. The van der Waals surface area contributed by atoms with Gasteiger partial charge in [-0.2, -0.15) is 0 Å². The molecular weight excluding hydrogens is 164 g/mol. The monoisotopic (exact) mass is 170 g/mol. The standard InChI is InChI=1S/C10H6N2O/c1-2-9-8(3-4-13-9)10-7(1)5-11-6-12-10/h1-6H. The Labute approximate surface area is 74.0 Å². The number of nitrogens with zero attached hydrogens (tertiary/aromatic N) is 2. The Balaban J connectivity index is 2.65. The lowest BCUT2D eigenvalue weighted by Crippen LogP contribution is -1.80. The molecule has 0 amide bonds. The minimum atomic E-state index is 0.867. The maximum atomic E-state index is 5.27. The molecule has 62 valence electrons. The quantitative estimate of drug-likeness (QED) is 0.520. The maximum Gasteiger partial charge on any atom is 0.136 e. The van der Waals surface area contributed by atoms with E-state index in [-0.39, 0.29) is 0 Å². The minimum Gasteiger partial charge on any atom is -0.464 e. The highest BCUT2D eigenvalue weighted by Gasteiger charge is 2.02. The van der Waals surface area contributed by atoms with Crippen LogP contribution in [-0.4, -0.2) is 9.97 Å². The van der Waals surface area contributed by atoms with Crippen LogP contribution in [0.5, 0.6) is 0 Å². The topological polar surface area (TPSA) is 38.9 Å². The predicted octanol–water partition coefficient (Wildman–Crippen LogP) is 2.38. The van der Waals surface area contributed by atoms with Crippen LogP contribution in [0.4, 0.5) is 0 Å². The molecule has 3 aromatic rings. The van der Waals surface area contributed by atoms with Crippen LogP contribution < -0.4 is 0 Å². The highest BCUT2D eigenvalue weighted by atomic mass is 16.3. The zero-order valence-corrected chi connectivity index (χ0v) is 6.77. The molecule has 3 nitrogen and oxygen atoms in total. The summed E-state index contributed by atoms with van der Waals surface area (Å²) in [5, 5.41) is 2.08. The second-order valence-corrected chi connectivity index (χ2v) is 2.86. The van der Waals surface area contributed by atoms with E-state index in [1.807, 2.05) is 18.2 Å². The molecular formula is C10H6N2O. The summed E-state index contributed by atoms with van der Waals surface area (Å²) in [6.07, 6.45) is 5.02. The molecule has 3 heteroatoms. The van der Waals surface area contributed by atoms with E-state index < -0.39 is 0 Å². The summed E-state index contributed by atoms with van der Waals surface area (Å²) in [7, 11) is 0. The predicted molar refractivity (Wildman–Crippen MR) is 49.3 cm³/mol. The molecule has 0 saturated heterocycles. The molecule has 0 aliphatic carbocycles. The fourth-order valence-electron chi connectivity index (χ4n) is 1.50. The Morgan fingerprint density at radius 3 is 3.15 bits per heavy atom. The fourth-order valence-corrected chi connectivity index (χ4v) is 1.50. The van der Waals surface area contributed by atoms with Gasteiger partial charge in [-0.25, -0.2) is 9.97 Å². The third kappa shape index (κ3) is 0.839. The zero-order chi connectivity index (χ0) is 8.67. The van der Waals surface area contributed by atoms with E-state index in [1.54, 1.807) is 18.8 Å². The van der Waals surface area contributed by atoms with Crippen molar-refractivity contribution in [3.63, 3.8) is 0 Å². The molecule has 2 heterocycles. The van der Waals surface area contributed by atoms with E-state index in [0.29, 0.717) is 0 Å². The second-order valence-electron chi connectivity index (χ2n) is 2.86. The number of hydrogen-bond donors (Lipinski definition) is 0. The first-order valence-electron chi connectivity index (χ1n) is 4.01. The molecule has 0 N–H and O–H groups in total. The van der Waals surface area contributed by atoms with E-state index in [4.69, 9.17) is 4.42 Å². The molecule has 0 fully saturated rings. The van der Waals surface area contributed by atoms with Crippen molar-refractivity contribution in [2.45, 2.75) is 0 Å². The molecule has 3 rings (SSSR count). The smallest absolute Gasteiger partial charge is 0.136 e. The van der Waals surface area contributed by atoms with Crippen molar-refractivity contribution in [3.05, 3.63) is 37.0 Å². The van der Waals surface area contributed by atoms with E-state index >= 15 is 0 Å². The van der Waals surface area contributed by atoms with E-state index in [1.165, 1.54) is 0 Å². The van der Waals surface area contributed by atoms with Crippen LogP contribution in [0.3, 0.4) is 0 Å². The fraction of sp³-hybridized carbons (Fsp3) is 0. The third-order valence-corrected chi connectivity index (χ3v) is 2.11. The van der Waals surface area contributed by atoms with Crippen molar-refractivity contribution >= 4 is 21.9 Å². The van der Waals surface area contributed by atoms with Crippen molar-refractivity contribution in [1.82, 2.24) is 9.97 Å². The van der Waals surface area contributed by atoms with Crippen LogP contribution in [0.15, 0.2) is 41.4 Å². The molecule has 0 radical (unpaired) electrons. The SMILES string of the molecule is c1ncc2ccc3occc3c2n1. The molecule has 0 bridgehead atoms. The van der Waals surface area contributed by atoms with E-state index in [9.17, 15) is 0 Å². The average molecular weight is 170 g/mol. The third-order valence-electron chi connectivity index (χ3n) is 2.11. The molecule has 0 saturated carbocycles. The molecule has 0 aliphatic heterocycles. The van der Waals surface area contributed by atoms with Crippen molar-refractivity contribution in [2.75, 3.05) is 0 Å². The lowest BCUT2D eigenvalue weighted by Gasteiger charge is -1.95. The van der Waals surface area contributed by atoms with Gasteiger partial charge in [0.15, 0.2) is 0 Å². The van der Waals surface area contributed by atoms with Crippen LogP contribution in [0.1, 0.15) is 0 Å². The van der Waals surface area contributed by atoms with Gasteiger partial charge >= 0.3 is 0 Å². The van der Waals surface area contributed by atoms with Gasteiger partial charge in [-0.05, 0) is 18.2 Å². The number of rotatable bonds is 0. The van der Waals surface area contributed by atoms with Gasteiger partial charge < -0.3 is 4.42 Å². The van der Waals surface area contributed by atoms with E-state index in [2.05, 4.69) is 9.97 Å². The summed E-state index contributed by atoms with van der Waals surface area (Å²) < 4.78 is 5.27. The number of benzene rings is 1. The van der Waals surface area contributed by atoms with Gasteiger partial charge in [-0.15, -0.1) is 0 Å². The first-order chi connectivity index (χ1) is 6.45. The van der Waals surface area contributed by atoms with E-state index in [0.717, 1.165) is 21.9 Å². The van der Waals surface area contributed by atoms with Gasteiger partial charge in [0, 0.05) is 17.0 Å².